The van der Waals surface area contributed by atoms with Gasteiger partial charge in [0, 0.05) is 21.3 Å². The number of hydrogen-bond donors (Lipinski definition) is 2. The molecule has 6 heteroatoms. The van der Waals surface area contributed by atoms with Crippen LogP contribution in [-0.2, 0) is 16.0 Å². The van der Waals surface area contributed by atoms with Crippen molar-refractivity contribution in [3.05, 3.63) is 16.1 Å². The van der Waals surface area contributed by atoms with Gasteiger partial charge in [0.15, 0.2) is 0 Å². The molecule has 0 saturated carbocycles. The largest absolute Gasteiger partial charge is 0.480 e. The van der Waals surface area contributed by atoms with Crippen LogP contribution in [0.25, 0.3) is 0 Å². The van der Waals surface area contributed by atoms with E-state index in [1.54, 1.807) is 11.3 Å². The minimum absolute atomic E-state index is 0.0480. The molecule has 0 fully saturated rings. The summed E-state index contributed by atoms with van der Waals surface area (Å²) in [6, 6.07) is -0.875. The molecule has 1 aromatic rings. The molecule has 0 unspecified atom stereocenters. The molecule has 0 spiro atoms. The van der Waals surface area contributed by atoms with Crippen molar-refractivity contribution in [2.24, 2.45) is 5.73 Å². The average Bonchev–Trinajstić information content (AvgIpc) is 2.73. The number of nitrogens with two attached hydrogens (primary N) is 1. The Kier molecular flexibility index (Phi) is 5.03. The van der Waals surface area contributed by atoms with Crippen LogP contribution in [0.1, 0.15) is 45.3 Å². The van der Waals surface area contributed by atoms with Crippen molar-refractivity contribution in [2.45, 2.75) is 56.6 Å². The molecule has 1 rings (SSSR count). The second-order valence-corrected chi connectivity index (χ2v) is 8.66. The van der Waals surface area contributed by atoms with Crippen molar-refractivity contribution in [3.8, 4) is 0 Å². The Hall–Kier alpha value is -0.590. The lowest BCUT2D eigenvalue weighted by Crippen LogP contribution is -2.46. The van der Waals surface area contributed by atoms with E-state index >= 15 is 0 Å². The third kappa shape index (κ3) is 4.47. The first-order valence-electron chi connectivity index (χ1n) is 6.11. The van der Waals surface area contributed by atoms with Crippen LogP contribution in [0.15, 0.2) is 5.38 Å². The lowest BCUT2D eigenvalue weighted by atomic mass is 9.93. The SMILES string of the molecule is CC(C)(C)c1csc(CSC(C)(C)[C@@H](N)C(=O)O)n1. The number of carboxylic acids is 1. The van der Waals surface area contributed by atoms with E-state index in [4.69, 9.17) is 10.8 Å². The Labute approximate surface area is 122 Å². The molecule has 19 heavy (non-hydrogen) atoms. The molecular formula is C13H22N2O2S2. The van der Waals surface area contributed by atoms with Crippen LogP contribution in [0, 0.1) is 0 Å². The quantitative estimate of drug-likeness (QED) is 0.874. The molecule has 0 radical (unpaired) electrons. The fraction of sp³-hybridized carbons (Fsp3) is 0.692. The second kappa shape index (κ2) is 5.81. The van der Waals surface area contributed by atoms with Gasteiger partial charge in [0.2, 0.25) is 0 Å². The highest BCUT2D eigenvalue weighted by Gasteiger charge is 2.32. The number of aliphatic carboxylic acids is 1. The van der Waals surface area contributed by atoms with E-state index in [1.165, 1.54) is 11.8 Å². The number of rotatable bonds is 5. The molecule has 0 aliphatic rings. The number of thioether (sulfide) groups is 1. The summed E-state index contributed by atoms with van der Waals surface area (Å²) in [7, 11) is 0. The van der Waals surface area contributed by atoms with Gasteiger partial charge in [0.25, 0.3) is 0 Å². The van der Waals surface area contributed by atoms with Crippen LogP contribution in [0.2, 0.25) is 0 Å². The van der Waals surface area contributed by atoms with E-state index < -0.39 is 16.8 Å². The van der Waals surface area contributed by atoms with Crippen LogP contribution < -0.4 is 5.73 Å². The van der Waals surface area contributed by atoms with Gasteiger partial charge in [-0.3, -0.25) is 4.79 Å². The second-order valence-electron chi connectivity index (χ2n) is 6.08. The number of carboxylic acid groups (broad SMARTS) is 1. The van der Waals surface area contributed by atoms with Gasteiger partial charge in [0.1, 0.15) is 11.0 Å². The molecular weight excluding hydrogens is 280 g/mol. The predicted molar refractivity (Wildman–Crippen MR) is 81.8 cm³/mol. The molecule has 0 saturated heterocycles. The Bertz CT molecular complexity index is 450. The molecule has 1 aromatic heterocycles. The lowest BCUT2D eigenvalue weighted by molar-refractivity contribution is -0.139. The molecule has 0 bridgehead atoms. The lowest BCUT2D eigenvalue weighted by Gasteiger charge is -2.27. The van der Waals surface area contributed by atoms with Crippen molar-refractivity contribution in [1.82, 2.24) is 4.98 Å². The minimum atomic E-state index is -0.966. The number of aromatic nitrogens is 1. The van der Waals surface area contributed by atoms with Crippen LogP contribution in [0.5, 0.6) is 0 Å². The fourth-order valence-electron chi connectivity index (χ4n) is 1.36. The topological polar surface area (TPSA) is 76.2 Å². The van der Waals surface area contributed by atoms with Crippen LogP contribution >= 0.6 is 23.1 Å². The Morgan fingerprint density at radius 2 is 2.05 bits per heavy atom. The van der Waals surface area contributed by atoms with Crippen LogP contribution in [0.3, 0.4) is 0 Å². The van der Waals surface area contributed by atoms with E-state index in [1.807, 2.05) is 13.8 Å². The van der Waals surface area contributed by atoms with Gasteiger partial charge in [-0.1, -0.05) is 20.8 Å². The smallest absolute Gasteiger partial charge is 0.321 e. The molecule has 108 valence electrons. The van der Waals surface area contributed by atoms with Gasteiger partial charge in [-0.05, 0) is 13.8 Å². The first-order valence-corrected chi connectivity index (χ1v) is 7.98. The van der Waals surface area contributed by atoms with E-state index in [2.05, 4.69) is 31.1 Å². The standard InChI is InChI=1S/C13H22N2O2S2/c1-12(2,3)8-6-18-9(15-8)7-19-13(4,5)10(14)11(16)17/h6,10H,7,14H2,1-5H3,(H,16,17)/t10-/m0/s1. The third-order valence-corrected chi connectivity index (χ3v) is 5.35. The molecule has 1 heterocycles. The van der Waals surface area contributed by atoms with Crippen molar-refractivity contribution >= 4 is 29.1 Å². The highest BCUT2D eigenvalue weighted by Crippen LogP contribution is 2.32. The van der Waals surface area contributed by atoms with Gasteiger partial charge < -0.3 is 10.8 Å². The highest BCUT2D eigenvalue weighted by molar-refractivity contribution is 8.00. The molecule has 0 aliphatic carbocycles. The number of thiazole rings is 1. The summed E-state index contributed by atoms with van der Waals surface area (Å²) in [5, 5.41) is 12.1. The zero-order chi connectivity index (χ0) is 14.8. The Morgan fingerprint density at radius 1 is 1.47 bits per heavy atom. The number of hydrogen-bond acceptors (Lipinski definition) is 5. The van der Waals surface area contributed by atoms with Crippen molar-refractivity contribution in [1.29, 1.82) is 0 Å². The number of carbonyl (C=O) groups is 1. The van der Waals surface area contributed by atoms with Gasteiger partial charge in [-0.2, -0.15) is 0 Å². The summed E-state index contributed by atoms with van der Waals surface area (Å²) in [5.41, 5.74) is 6.82. The zero-order valence-electron chi connectivity index (χ0n) is 12.1. The maximum Gasteiger partial charge on any atom is 0.321 e. The van der Waals surface area contributed by atoms with E-state index in [0.717, 1.165) is 10.7 Å². The number of nitrogens with zero attached hydrogens (tertiary/aromatic N) is 1. The van der Waals surface area contributed by atoms with E-state index in [-0.39, 0.29) is 5.41 Å². The summed E-state index contributed by atoms with van der Waals surface area (Å²) in [4.78, 5) is 15.5. The highest BCUT2D eigenvalue weighted by atomic mass is 32.2. The van der Waals surface area contributed by atoms with Crippen molar-refractivity contribution in [2.75, 3.05) is 0 Å². The predicted octanol–water partition coefficient (Wildman–Crippen LogP) is 2.86. The summed E-state index contributed by atoms with van der Waals surface area (Å²) in [6.45, 7) is 10.1. The molecule has 1 atom stereocenters. The van der Waals surface area contributed by atoms with Gasteiger partial charge in [-0.25, -0.2) is 4.98 Å². The van der Waals surface area contributed by atoms with Crippen molar-refractivity contribution in [3.63, 3.8) is 0 Å². The Balaban J connectivity index is 2.67. The van der Waals surface area contributed by atoms with Crippen LogP contribution in [0.4, 0.5) is 0 Å². The molecule has 4 nitrogen and oxygen atoms in total. The molecule has 0 aromatic carbocycles. The first kappa shape index (κ1) is 16.5. The monoisotopic (exact) mass is 302 g/mol. The average molecular weight is 302 g/mol. The maximum absolute atomic E-state index is 10.9. The summed E-state index contributed by atoms with van der Waals surface area (Å²) < 4.78 is -0.514. The van der Waals surface area contributed by atoms with E-state index in [9.17, 15) is 4.79 Å². The normalized spacial score (nSPS) is 14.4. The molecule has 0 amide bonds. The van der Waals surface area contributed by atoms with Crippen molar-refractivity contribution < 1.29 is 9.90 Å². The first-order chi connectivity index (χ1) is 8.54. The fourth-order valence-corrected chi connectivity index (χ4v) is 3.45. The summed E-state index contributed by atoms with van der Waals surface area (Å²) in [5.74, 6) is -0.277. The summed E-state index contributed by atoms with van der Waals surface area (Å²) >= 11 is 3.15. The molecule has 3 N–H and O–H groups in total. The van der Waals surface area contributed by atoms with Gasteiger partial charge in [-0.15, -0.1) is 23.1 Å². The van der Waals surface area contributed by atoms with Gasteiger partial charge in [0.05, 0.1) is 5.69 Å². The molecule has 0 aliphatic heterocycles. The van der Waals surface area contributed by atoms with E-state index in [0.29, 0.717) is 5.75 Å². The van der Waals surface area contributed by atoms with Crippen LogP contribution in [-0.4, -0.2) is 26.8 Å². The summed E-state index contributed by atoms with van der Waals surface area (Å²) in [6.07, 6.45) is 0. The zero-order valence-corrected chi connectivity index (χ0v) is 13.7. The third-order valence-electron chi connectivity index (χ3n) is 2.90. The minimum Gasteiger partial charge on any atom is -0.480 e. The van der Waals surface area contributed by atoms with Gasteiger partial charge >= 0.3 is 5.97 Å². The Morgan fingerprint density at radius 3 is 2.47 bits per heavy atom. The maximum atomic E-state index is 10.9.